The Labute approximate surface area is 184 Å². The fourth-order valence-electron chi connectivity index (χ4n) is 2.85. The van der Waals surface area contributed by atoms with Crippen LogP contribution in [0.2, 0.25) is 5.02 Å². The number of ether oxygens (including phenoxy) is 1. The van der Waals surface area contributed by atoms with E-state index in [4.69, 9.17) is 16.3 Å². The lowest BCUT2D eigenvalue weighted by molar-refractivity contribution is 0.0785. The van der Waals surface area contributed by atoms with E-state index >= 15 is 0 Å². The van der Waals surface area contributed by atoms with E-state index in [1.165, 1.54) is 27.6 Å². The molecule has 0 aliphatic carbocycles. The molecule has 3 aromatic heterocycles. The number of hydrogen-bond donors (Lipinski definition) is 1. The van der Waals surface area contributed by atoms with Gasteiger partial charge in [-0.25, -0.2) is 9.97 Å². The Morgan fingerprint density at radius 1 is 1.23 bits per heavy atom. The van der Waals surface area contributed by atoms with Crippen molar-refractivity contribution in [2.45, 2.75) is 20.1 Å². The summed E-state index contributed by atoms with van der Waals surface area (Å²) in [7, 11) is 1.67. The van der Waals surface area contributed by atoms with Crippen LogP contribution >= 0.6 is 34.3 Å². The number of nitrogens with zero attached hydrogens (tertiary/aromatic N) is 3. The first kappa shape index (κ1) is 20.5. The van der Waals surface area contributed by atoms with E-state index < -0.39 is 0 Å². The van der Waals surface area contributed by atoms with Gasteiger partial charge in [-0.2, -0.15) is 0 Å². The van der Waals surface area contributed by atoms with E-state index in [1.807, 2.05) is 5.38 Å². The highest BCUT2D eigenvalue weighted by atomic mass is 35.5. The lowest BCUT2D eigenvalue weighted by Crippen LogP contribution is -2.28. The summed E-state index contributed by atoms with van der Waals surface area (Å²) >= 11 is 8.51. The van der Waals surface area contributed by atoms with Crippen LogP contribution in [0.3, 0.4) is 0 Å². The number of aromatic nitrogens is 3. The Bertz CT molecular complexity index is 1260. The standard InChI is InChI=1S/C20H17ClN4O3S2/c1-11-17(30-16(22-11)10-28-13-5-3-12(21)4-6-13)20(27)25(2)9-15-23-14-7-8-29-18(14)19(26)24-15/h3-8H,9-10H2,1-2H3,(H,23,24,26). The third-order valence-electron chi connectivity index (χ3n) is 4.31. The molecule has 0 aliphatic rings. The van der Waals surface area contributed by atoms with Crippen LogP contribution < -0.4 is 10.3 Å². The number of amides is 1. The van der Waals surface area contributed by atoms with Crippen LogP contribution in [0.1, 0.15) is 26.2 Å². The van der Waals surface area contributed by atoms with Crippen molar-refractivity contribution in [1.29, 1.82) is 0 Å². The second-order valence-corrected chi connectivity index (χ2v) is 9.01. The summed E-state index contributed by atoms with van der Waals surface area (Å²) in [6.45, 7) is 2.24. The maximum absolute atomic E-state index is 12.9. The summed E-state index contributed by atoms with van der Waals surface area (Å²) in [4.78, 5) is 38.7. The van der Waals surface area contributed by atoms with E-state index in [2.05, 4.69) is 15.0 Å². The smallest absolute Gasteiger partial charge is 0.268 e. The van der Waals surface area contributed by atoms with Gasteiger partial charge >= 0.3 is 0 Å². The first-order valence-corrected chi connectivity index (χ1v) is 11.0. The fraction of sp³-hybridized carbons (Fsp3) is 0.200. The van der Waals surface area contributed by atoms with Crippen molar-refractivity contribution in [2.75, 3.05) is 7.05 Å². The van der Waals surface area contributed by atoms with Crippen molar-refractivity contribution < 1.29 is 9.53 Å². The van der Waals surface area contributed by atoms with Gasteiger partial charge in [-0.1, -0.05) is 11.6 Å². The molecule has 4 aromatic rings. The summed E-state index contributed by atoms with van der Waals surface area (Å²) in [6, 6.07) is 8.85. The van der Waals surface area contributed by atoms with Gasteiger partial charge in [0.05, 0.1) is 17.8 Å². The number of halogens is 1. The minimum absolute atomic E-state index is 0.184. The molecule has 0 spiro atoms. The number of benzene rings is 1. The van der Waals surface area contributed by atoms with Crippen molar-refractivity contribution in [3.63, 3.8) is 0 Å². The second-order valence-electron chi connectivity index (χ2n) is 6.57. The molecule has 0 unspecified atom stereocenters. The van der Waals surface area contributed by atoms with Crippen molar-refractivity contribution in [3.05, 3.63) is 72.5 Å². The van der Waals surface area contributed by atoms with E-state index in [9.17, 15) is 9.59 Å². The van der Waals surface area contributed by atoms with Crippen LogP contribution in [0.4, 0.5) is 0 Å². The number of H-pyrrole nitrogens is 1. The second kappa shape index (κ2) is 8.55. The van der Waals surface area contributed by atoms with Crippen molar-refractivity contribution in [3.8, 4) is 5.75 Å². The first-order valence-electron chi connectivity index (χ1n) is 8.97. The van der Waals surface area contributed by atoms with Gasteiger partial charge in [-0.15, -0.1) is 22.7 Å². The van der Waals surface area contributed by atoms with Gasteiger partial charge in [0.25, 0.3) is 11.5 Å². The van der Waals surface area contributed by atoms with E-state index in [-0.39, 0.29) is 24.6 Å². The summed E-state index contributed by atoms with van der Waals surface area (Å²) in [5.41, 5.74) is 1.08. The number of hydrogen-bond acceptors (Lipinski definition) is 7. The Morgan fingerprint density at radius 3 is 2.77 bits per heavy atom. The van der Waals surface area contributed by atoms with Gasteiger partial charge < -0.3 is 14.6 Å². The maximum Gasteiger partial charge on any atom is 0.268 e. The molecule has 0 bridgehead atoms. The van der Waals surface area contributed by atoms with Crippen molar-refractivity contribution >= 4 is 50.4 Å². The number of carbonyl (C=O) groups excluding carboxylic acids is 1. The molecule has 3 heterocycles. The lowest BCUT2D eigenvalue weighted by atomic mass is 10.3. The van der Waals surface area contributed by atoms with Crippen LogP contribution in [0.15, 0.2) is 40.5 Å². The summed E-state index contributed by atoms with van der Waals surface area (Å²) < 4.78 is 6.29. The minimum Gasteiger partial charge on any atom is -0.486 e. The number of fused-ring (bicyclic) bond motifs is 1. The van der Waals surface area contributed by atoms with Gasteiger partial charge in [0.15, 0.2) is 0 Å². The Hall–Kier alpha value is -2.75. The molecular formula is C20H17ClN4O3S2. The van der Waals surface area contributed by atoms with Crippen LogP contribution in [-0.4, -0.2) is 32.8 Å². The molecule has 0 radical (unpaired) electrons. The third kappa shape index (κ3) is 4.38. The highest BCUT2D eigenvalue weighted by Gasteiger charge is 2.20. The molecule has 0 atom stereocenters. The predicted molar refractivity (Wildman–Crippen MR) is 119 cm³/mol. The fourth-order valence-corrected chi connectivity index (χ4v) is 4.68. The first-order chi connectivity index (χ1) is 14.4. The van der Waals surface area contributed by atoms with Crippen molar-refractivity contribution in [2.24, 2.45) is 0 Å². The average Bonchev–Trinajstić information content (AvgIpc) is 3.33. The summed E-state index contributed by atoms with van der Waals surface area (Å²) in [5, 5.41) is 3.16. The quantitative estimate of drug-likeness (QED) is 0.464. The molecule has 1 N–H and O–H groups in total. The van der Waals surface area contributed by atoms with E-state index in [0.29, 0.717) is 42.4 Å². The number of nitrogens with one attached hydrogen (secondary N) is 1. The molecule has 10 heteroatoms. The number of thiophene rings is 1. The zero-order valence-electron chi connectivity index (χ0n) is 16.1. The molecule has 1 aromatic carbocycles. The monoisotopic (exact) mass is 460 g/mol. The zero-order chi connectivity index (χ0) is 21.3. The normalized spacial score (nSPS) is 11.0. The highest BCUT2D eigenvalue weighted by molar-refractivity contribution is 7.17. The number of aryl methyl sites for hydroxylation is 1. The zero-order valence-corrected chi connectivity index (χ0v) is 18.5. The number of thiazole rings is 1. The van der Waals surface area contributed by atoms with E-state index in [1.54, 1.807) is 44.3 Å². The van der Waals surface area contributed by atoms with Gasteiger partial charge in [0.2, 0.25) is 0 Å². The minimum atomic E-state index is -0.193. The average molecular weight is 461 g/mol. The molecular weight excluding hydrogens is 444 g/mol. The Morgan fingerprint density at radius 2 is 2.00 bits per heavy atom. The largest absolute Gasteiger partial charge is 0.486 e. The maximum atomic E-state index is 12.9. The summed E-state index contributed by atoms with van der Waals surface area (Å²) in [5.74, 6) is 0.933. The third-order valence-corrected chi connectivity index (χ3v) is 6.58. The Balaban J connectivity index is 1.45. The predicted octanol–water partition coefficient (Wildman–Crippen LogP) is 4.25. The van der Waals surface area contributed by atoms with Crippen LogP contribution in [0, 0.1) is 6.92 Å². The number of rotatable bonds is 6. The number of carbonyl (C=O) groups is 1. The van der Waals surface area contributed by atoms with Crippen LogP contribution in [0.25, 0.3) is 10.2 Å². The highest BCUT2D eigenvalue weighted by Crippen LogP contribution is 2.23. The topological polar surface area (TPSA) is 88.2 Å². The molecule has 0 saturated heterocycles. The molecule has 0 saturated carbocycles. The van der Waals surface area contributed by atoms with Gasteiger partial charge in [0.1, 0.15) is 32.8 Å². The van der Waals surface area contributed by atoms with Crippen LogP contribution in [-0.2, 0) is 13.2 Å². The molecule has 0 fully saturated rings. The summed E-state index contributed by atoms with van der Waals surface area (Å²) in [6.07, 6.45) is 0. The van der Waals surface area contributed by atoms with Gasteiger partial charge in [0, 0.05) is 12.1 Å². The van der Waals surface area contributed by atoms with Crippen molar-refractivity contribution in [1.82, 2.24) is 19.9 Å². The number of aromatic amines is 1. The molecule has 4 rings (SSSR count). The molecule has 30 heavy (non-hydrogen) atoms. The molecule has 7 nitrogen and oxygen atoms in total. The van der Waals surface area contributed by atoms with Gasteiger partial charge in [-0.3, -0.25) is 9.59 Å². The lowest BCUT2D eigenvalue weighted by Gasteiger charge is -2.15. The van der Waals surface area contributed by atoms with E-state index in [0.717, 1.165) is 0 Å². The molecule has 154 valence electrons. The van der Waals surface area contributed by atoms with Crippen LogP contribution in [0.5, 0.6) is 5.75 Å². The SMILES string of the molecule is Cc1nc(COc2ccc(Cl)cc2)sc1C(=O)N(C)Cc1nc2ccsc2c(=O)[nH]1. The molecule has 1 amide bonds. The Kier molecular flexibility index (Phi) is 5.85. The van der Waals surface area contributed by atoms with Gasteiger partial charge in [-0.05, 0) is 42.6 Å². The molecule has 0 aliphatic heterocycles.